The van der Waals surface area contributed by atoms with Crippen molar-refractivity contribution >= 4 is 11.8 Å². The van der Waals surface area contributed by atoms with Crippen LogP contribution in [0.2, 0.25) is 0 Å². The molecule has 27 heavy (non-hydrogen) atoms. The quantitative estimate of drug-likeness (QED) is 0.839. The molecule has 1 aromatic rings. The highest BCUT2D eigenvalue weighted by Gasteiger charge is 2.37. The first kappa shape index (κ1) is 19.7. The lowest BCUT2D eigenvalue weighted by molar-refractivity contribution is -0.142. The molecule has 0 radical (unpaired) electrons. The number of hydrogen-bond donors (Lipinski definition) is 2. The molecule has 2 saturated heterocycles. The van der Waals surface area contributed by atoms with E-state index in [1.54, 1.807) is 4.90 Å². The average Bonchev–Trinajstić information content (AvgIpc) is 3.16. The highest BCUT2D eigenvalue weighted by molar-refractivity contribution is 5.89. The van der Waals surface area contributed by atoms with E-state index < -0.39 is 17.8 Å². The largest absolute Gasteiger partial charge is 0.416 e. The number of benzene rings is 1. The second kappa shape index (κ2) is 8.29. The molecule has 2 aliphatic rings. The molecule has 2 aliphatic heterocycles. The Bertz CT molecular complexity index is 670. The summed E-state index contributed by atoms with van der Waals surface area (Å²) in [4.78, 5) is 26.9. The van der Waals surface area contributed by atoms with Crippen LogP contribution in [0.5, 0.6) is 0 Å². The summed E-state index contributed by atoms with van der Waals surface area (Å²) in [5, 5.41) is 5.97. The van der Waals surface area contributed by atoms with E-state index in [-0.39, 0.29) is 24.3 Å². The number of rotatable bonds is 4. The molecule has 1 unspecified atom stereocenters. The molecule has 0 spiro atoms. The molecule has 2 atom stereocenters. The lowest BCUT2D eigenvalue weighted by atomic mass is 9.97. The second-order valence-electron chi connectivity index (χ2n) is 7.15. The van der Waals surface area contributed by atoms with Gasteiger partial charge in [0.2, 0.25) is 11.8 Å². The summed E-state index contributed by atoms with van der Waals surface area (Å²) in [7, 11) is 0. The lowest BCUT2D eigenvalue weighted by Gasteiger charge is -2.30. The summed E-state index contributed by atoms with van der Waals surface area (Å²) in [6.07, 6.45) is -1.19. The van der Waals surface area contributed by atoms with Gasteiger partial charge in [0.1, 0.15) is 6.04 Å². The fraction of sp³-hybridized carbons (Fsp3) is 0.579. The topological polar surface area (TPSA) is 61.4 Å². The minimum absolute atomic E-state index is 0.0226. The van der Waals surface area contributed by atoms with Crippen LogP contribution < -0.4 is 10.6 Å². The molecule has 1 aromatic carbocycles. The molecule has 8 heteroatoms. The summed E-state index contributed by atoms with van der Waals surface area (Å²) in [6, 6.07) is 4.23. The van der Waals surface area contributed by atoms with Crippen LogP contribution >= 0.6 is 0 Å². The number of carbonyl (C=O) groups is 2. The maximum atomic E-state index is 12.7. The van der Waals surface area contributed by atoms with Gasteiger partial charge in [-0.05, 0) is 49.9 Å². The maximum absolute atomic E-state index is 12.7. The minimum atomic E-state index is -4.37. The van der Waals surface area contributed by atoms with Gasteiger partial charge in [0.15, 0.2) is 0 Å². The van der Waals surface area contributed by atoms with Gasteiger partial charge in [-0.25, -0.2) is 0 Å². The smallest absolute Gasteiger partial charge is 0.350 e. The fourth-order valence-electron chi connectivity index (χ4n) is 3.72. The summed E-state index contributed by atoms with van der Waals surface area (Å²) in [5.74, 6) is -0.305. The van der Waals surface area contributed by atoms with Crippen molar-refractivity contribution in [2.24, 2.45) is 5.92 Å². The Hall–Kier alpha value is -2.09. The fourth-order valence-corrected chi connectivity index (χ4v) is 3.72. The van der Waals surface area contributed by atoms with E-state index in [0.717, 1.165) is 37.9 Å². The zero-order chi connectivity index (χ0) is 19.4. The number of nitrogens with zero attached hydrogens (tertiary/aromatic N) is 1. The first-order chi connectivity index (χ1) is 12.9. The van der Waals surface area contributed by atoms with E-state index in [1.165, 1.54) is 12.1 Å². The molecular weight excluding hydrogens is 359 g/mol. The van der Waals surface area contributed by atoms with Crippen molar-refractivity contribution in [3.05, 3.63) is 35.4 Å². The molecule has 0 bridgehead atoms. The lowest BCUT2D eigenvalue weighted by Crippen LogP contribution is -2.50. The number of hydrogen-bond acceptors (Lipinski definition) is 3. The van der Waals surface area contributed by atoms with Crippen LogP contribution in [0.1, 0.15) is 36.8 Å². The van der Waals surface area contributed by atoms with Gasteiger partial charge in [0, 0.05) is 19.6 Å². The van der Waals surface area contributed by atoms with Crippen LogP contribution in [0.4, 0.5) is 13.2 Å². The van der Waals surface area contributed by atoms with Crippen LogP contribution in [0.3, 0.4) is 0 Å². The number of nitrogens with one attached hydrogen (secondary N) is 2. The van der Waals surface area contributed by atoms with E-state index in [1.807, 2.05) is 0 Å². The highest BCUT2D eigenvalue weighted by atomic mass is 19.4. The number of amides is 2. The predicted octanol–water partition coefficient (Wildman–Crippen LogP) is 2.31. The third-order valence-electron chi connectivity index (χ3n) is 5.23. The van der Waals surface area contributed by atoms with E-state index in [4.69, 9.17) is 0 Å². The molecule has 0 aromatic heterocycles. The molecule has 5 nitrogen and oxygen atoms in total. The van der Waals surface area contributed by atoms with Crippen molar-refractivity contribution < 1.29 is 22.8 Å². The molecule has 148 valence electrons. The Morgan fingerprint density at radius 2 is 1.89 bits per heavy atom. The third-order valence-corrected chi connectivity index (χ3v) is 5.23. The van der Waals surface area contributed by atoms with Gasteiger partial charge < -0.3 is 15.5 Å². The number of alkyl halides is 3. The molecule has 3 rings (SSSR count). The van der Waals surface area contributed by atoms with Crippen molar-refractivity contribution in [1.29, 1.82) is 0 Å². The van der Waals surface area contributed by atoms with Crippen LogP contribution in [0, 0.1) is 5.92 Å². The second-order valence-corrected chi connectivity index (χ2v) is 7.15. The van der Waals surface area contributed by atoms with E-state index in [9.17, 15) is 22.8 Å². The van der Waals surface area contributed by atoms with Crippen LogP contribution in [-0.4, -0.2) is 42.4 Å². The molecule has 2 heterocycles. The van der Waals surface area contributed by atoms with Gasteiger partial charge in [0.05, 0.1) is 11.5 Å². The van der Waals surface area contributed by atoms with Crippen molar-refractivity contribution in [2.45, 2.75) is 44.4 Å². The summed E-state index contributed by atoms with van der Waals surface area (Å²) in [6.45, 7) is 2.28. The van der Waals surface area contributed by atoms with Gasteiger partial charge in [-0.1, -0.05) is 12.1 Å². The zero-order valence-electron chi connectivity index (χ0n) is 15.0. The van der Waals surface area contributed by atoms with Gasteiger partial charge in [0.25, 0.3) is 0 Å². The molecular formula is C19H24F3N3O2. The van der Waals surface area contributed by atoms with Crippen molar-refractivity contribution in [3.63, 3.8) is 0 Å². The van der Waals surface area contributed by atoms with Gasteiger partial charge in [-0.3, -0.25) is 9.59 Å². The number of piperidine rings is 1. The van der Waals surface area contributed by atoms with Crippen LogP contribution in [-0.2, 0) is 22.3 Å². The van der Waals surface area contributed by atoms with E-state index in [0.29, 0.717) is 25.1 Å². The zero-order valence-corrected chi connectivity index (χ0v) is 15.0. The summed E-state index contributed by atoms with van der Waals surface area (Å²) >= 11 is 0. The number of likely N-dealkylation sites (tertiary alicyclic amines) is 1. The number of halogens is 3. The maximum Gasteiger partial charge on any atom is 0.416 e. The first-order valence-corrected chi connectivity index (χ1v) is 9.31. The Labute approximate surface area is 156 Å². The van der Waals surface area contributed by atoms with Crippen molar-refractivity contribution in [3.8, 4) is 0 Å². The van der Waals surface area contributed by atoms with Gasteiger partial charge in [-0.15, -0.1) is 0 Å². The first-order valence-electron chi connectivity index (χ1n) is 9.31. The molecule has 0 saturated carbocycles. The molecule has 0 aliphatic carbocycles. The van der Waals surface area contributed by atoms with Gasteiger partial charge in [-0.2, -0.15) is 13.2 Å². The Balaban J connectivity index is 1.56. The van der Waals surface area contributed by atoms with E-state index >= 15 is 0 Å². The Morgan fingerprint density at radius 1 is 1.15 bits per heavy atom. The predicted molar refractivity (Wildman–Crippen MR) is 93.6 cm³/mol. The summed E-state index contributed by atoms with van der Waals surface area (Å²) < 4.78 is 37.8. The third kappa shape index (κ3) is 4.80. The summed E-state index contributed by atoms with van der Waals surface area (Å²) in [5.41, 5.74) is -0.130. The minimum Gasteiger partial charge on any atom is -0.350 e. The molecule has 2 amide bonds. The Morgan fingerprint density at radius 3 is 2.52 bits per heavy atom. The van der Waals surface area contributed by atoms with Crippen molar-refractivity contribution in [2.75, 3.05) is 19.6 Å². The number of carbonyl (C=O) groups excluding carboxylic acids is 2. The van der Waals surface area contributed by atoms with Gasteiger partial charge >= 0.3 is 6.18 Å². The van der Waals surface area contributed by atoms with E-state index in [2.05, 4.69) is 10.6 Å². The van der Waals surface area contributed by atoms with Crippen LogP contribution in [0.15, 0.2) is 24.3 Å². The van der Waals surface area contributed by atoms with Crippen LogP contribution in [0.25, 0.3) is 0 Å². The van der Waals surface area contributed by atoms with Crippen molar-refractivity contribution in [1.82, 2.24) is 15.5 Å². The normalized spacial score (nSPS) is 23.3. The standard InChI is InChI=1S/C19H24F3N3O2/c20-19(21,22)15-7-5-13(6-8-15)11-24-17(26)16-4-2-10-25(16)18(27)14-3-1-9-23-12-14/h5-8,14,16,23H,1-4,9-12H2,(H,24,26)/t14-,16?/m0/s1. The Kier molecular flexibility index (Phi) is 6.04. The molecule has 2 fully saturated rings. The SMILES string of the molecule is O=C(NCc1ccc(C(F)(F)F)cc1)C1CCCN1C(=O)[C@H]1CCCNC1. The average molecular weight is 383 g/mol. The highest BCUT2D eigenvalue weighted by Crippen LogP contribution is 2.29. The molecule has 2 N–H and O–H groups in total. The monoisotopic (exact) mass is 383 g/mol.